The summed E-state index contributed by atoms with van der Waals surface area (Å²) < 4.78 is 42.0. The minimum absolute atomic E-state index is 0.601. The van der Waals surface area contributed by atoms with Crippen LogP contribution in [0.5, 0.6) is 0 Å². The lowest BCUT2D eigenvalue weighted by Gasteiger charge is -2.38. The van der Waals surface area contributed by atoms with Gasteiger partial charge in [-0.2, -0.15) is 0 Å². The van der Waals surface area contributed by atoms with Gasteiger partial charge in [0.15, 0.2) is 0 Å². The first-order valence-corrected chi connectivity index (χ1v) is 5.37. The molecule has 14 heavy (non-hydrogen) atoms. The molecule has 84 valence electrons. The molecule has 0 aromatic heterocycles. The lowest BCUT2D eigenvalue weighted by Crippen LogP contribution is -2.35. The summed E-state index contributed by atoms with van der Waals surface area (Å²) in [4.78, 5) is 0. The van der Waals surface area contributed by atoms with Gasteiger partial charge >= 0.3 is 0 Å². The van der Waals surface area contributed by atoms with E-state index in [-0.39, 0.29) is 0 Å². The Morgan fingerprint density at radius 2 is 2.21 bits per heavy atom. The third-order valence-corrected chi connectivity index (χ3v) is 3.37. The van der Waals surface area contributed by atoms with Gasteiger partial charge < -0.3 is 9.85 Å². The minimum atomic E-state index is -2.77. The topological polar surface area (TPSA) is 29.5 Å². The van der Waals surface area contributed by atoms with E-state index >= 15 is 0 Å². The molecule has 1 N–H and O–H groups in total. The predicted octanol–water partition coefficient (Wildman–Crippen LogP) is 2.60. The molecule has 0 atom stereocenters. The molecule has 0 aromatic rings. The fourth-order valence-electron chi connectivity index (χ4n) is 2.16. The Hall–Kier alpha value is -0.0800. The maximum Gasteiger partial charge on any atom is 0.210 e. The molecule has 1 aliphatic rings. The first kappa shape index (κ1) is 6.49. The highest BCUT2D eigenvalue weighted by molar-refractivity contribution is 4.84. The maximum atomic E-state index is 7.65. The zero-order valence-electron chi connectivity index (χ0n) is 14.3. The molecule has 2 nitrogen and oxygen atoms in total. The molecule has 0 bridgehead atoms. The number of ether oxygens (including phenoxy) is 1. The maximum absolute atomic E-state index is 7.65. The molecule has 0 aromatic carbocycles. The molecule has 1 fully saturated rings. The molecule has 0 radical (unpaired) electrons. The Labute approximate surface area is 94.8 Å². The molecule has 0 amide bonds. The molecule has 0 heterocycles. The van der Waals surface area contributed by atoms with Crippen LogP contribution in [-0.4, -0.2) is 25.3 Å². The van der Waals surface area contributed by atoms with Crippen LogP contribution in [0.25, 0.3) is 0 Å². The smallest absolute Gasteiger partial charge is 0.210 e. The SMILES string of the molecule is [2H]OC([2H])([2H])C([2H])([2H])OC1(C)CCC(C(C)C)CC1. The average molecular weight is 205 g/mol. The highest BCUT2D eigenvalue weighted by atomic mass is 16.5. The summed E-state index contributed by atoms with van der Waals surface area (Å²) in [6.07, 6.45) is 3.30. The van der Waals surface area contributed by atoms with Crippen molar-refractivity contribution in [3.05, 3.63) is 0 Å². The van der Waals surface area contributed by atoms with Crippen molar-refractivity contribution in [3.8, 4) is 0 Å². The average Bonchev–Trinajstić information content (AvgIpc) is 2.28. The Kier molecular flexibility index (Phi) is 2.38. The van der Waals surface area contributed by atoms with Crippen LogP contribution in [0.3, 0.4) is 0 Å². The number of aliphatic hydroxyl groups is 1. The molecule has 1 rings (SSSR count). The second-order valence-electron chi connectivity index (χ2n) is 4.84. The third kappa shape index (κ3) is 3.25. The van der Waals surface area contributed by atoms with Crippen LogP contribution in [0.2, 0.25) is 0 Å². The molecule has 0 unspecified atom stereocenters. The molecule has 2 heteroatoms. The minimum Gasteiger partial charge on any atom is -0.394 e. The molecule has 1 saturated carbocycles. The summed E-state index contributed by atoms with van der Waals surface area (Å²) in [5.41, 5.74) is -0.694. The van der Waals surface area contributed by atoms with Gasteiger partial charge in [0, 0.05) is 0 Å². The second kappa shape index (κ2) is 5.13. The molecule has 0 aliphatic heterocycles. The summed E-state index contributed by atoms with van der Waals surface area (Å²) in [6.45, 7) is 0.764. The molecular weight excluding hydrogens is 176 g/mol. The van der Waals surface area contributed by atoms with Crippen LogP contribution in [0.4, 0.5) is 0 Å². The van der Waals surface area contributed by atoms with E-state index in [1.54, 1.807) is 6.92 Å². The van der Waals surface area contributed by atoms with Crippen molar-refractivity contribution in [2.45, 2.75) is 52.1 Å². The molecular formula is C12H24O2. The lowest BCUT2D eigenvalue weighted by atomic mass is 9.75. The van der Waals surface area contributed by atoms with Crippen molar-refractivity contribution in [1.82, 2.24) is 0 Å². The largest absolute Gasteiger partial charge is 0.394 e. The fraction of sp³-hybridized carbons (Fsp3) is 1.00. The van der Waals surface area contributed by atoms with E-state index in [1.807, 2.05) is 0 Å². The number of hydrogen-bond acceptors (Lipinski definition) is 2. The summed E-state index contributed by atoms with van der Waals surface area (Å²) in [5, 5.41) is 3.83. The van der Waals surface area contributed by atoms with Crippen LogP contribution in [0.1, 0.15) is 51.9 Å². The highest BCUT2D eigenvalue weighted by Gasteiger charge is 2.32. The van der Waals surface area contributed by atoms with Crippen LogP contribution in [-0.2, 0) is 4.74 Å². The van der Waals surface area contributed by atoms with Crippen LogP contribution in [0.15, 0.2) is 0 Å². The van der Waals surface area contributed by atoms with E-state index in [4.69, 9.17) is 11.7 Å². The van der Waals surface area contributed by atoms with Gasteiger partial charge in [-0.3, -0.25) is 0 Å². The summed E-state index contributed by atoms with van der Waals surface area (Å²) in [6, 6.07) is 0. The summed E-state index contributed by atoms with van der Waals surface area (Å²) >= 11 is 0. The Bertz CT molecular complexity index is 298. The van der Waals surface area contributed by atoms with Crippen LogP contribution < -0.4 is 0 Å². The standard InChI is InChI=1S/C12H24O2/c1-10(2)11-4-6-12(3,7-5-11)14-9-8-13/h10-11,13H,4-9H2,1-3H3/i8D2,9D2,13D. The molecule has 0 saturated heterocycles. The molecule has 1 aliphatic carbocycles. The number of hydrogen-bond donors (Lipinski definition) is 1. The van der Waals surface area contributed by atoms with Gasteiger partial charge in [-0.1, -0.05) is 13.8 Å². The third-order valence-electron chi connectivity index (χ3n) is 3.37. The van der Waals surface area contributed by atoms with Gasteiger partial charge in [0.2, 0.25) is 1.43 Å². The normalized spacial score (nSPS) is 40.9. The second-order valence-corrected chi connectivity index (χ2v) is 4.84. The van der Waals surface area contributed by atoms with Crippen LogP contribution >= 0.6 is 0 Å². The van der Waals surface area contributed by atoms with Crippen molar-refractivity contribution < 1.29 is 15.3 Å². The summed E-state index contributed by atoms with van der Waals surface area (Å²) in [5.74, 6) is 1.22. The van der Waals surface area contributed by atoms with Crippen molar-refractivity contribution in [3.63, 3.8) is 0 Å². The highest BCUT2D eigenvalue weighted by Crippen LogP contribution is 2.37. The van der Waals surface area contributed by atoms with Gasteiger partial charge in [0.05, 0.1) is 24.2 Å². The zero-order valence-corrected chi connectivity index (χ0v) is 9.30. The van der Waals surface area contributed by atoms with Gasteiger partial charge in [0.25, 0.3) is 0 Å². The van der Waals surface area contributed by atoms with Crippen molar-refractivity contribution >= 4 is 0 Å². The van der Waals surface area contributed by atoms with Gasteiger partial charge in [-0.05, 0) is 44.4 Å². The fourth-order valence-corrected chi connectivity index (χ4v) is 2.16. The van der Waals surface area contributed by atoms with E-state index in [1.165, 1.54) is 0 Å². The Balaban J connectivity index is 2.67. The lowest BCUT2D eigenvalue weighted by molar-refractivity contribution is -0.0777. The zero-order chi connectivity index (χ0) is 14.9. The number of rotatable bonds is 5. The monoisotopic (exact) mass is 205 g/mol. The Morgan fingerprint density at radius 1 is 1.57 bits per heavy atom. The van der Waals surface area contributed by atoms with Gasteiger partial charge in [-0.15, -0.1) is 0 Å². The van der Waals surface area contributed by atoms with Crippen molar-refractivity contribution in [2.75, 3.05) is 13.1 Å². The van der Waals surface area contributed by atoms with E-state index in [0.717, 1.165) is 12.8 Å². The first-order valence-electron chi connectivity index (χ1n) is 7.78. The van der Waals surface area contributed by atoms with E-state index in [0.29, 0.717) is 24.7 Å². The van der Waals surface area contributed by atoms with Crippen LogP contribution in [0, 0.1) is 11.8 Å². The predicted molar refractivity (Wildman–Crippen MR) is 58.2 cm³/mol. The summed E-state index contributed by atoms with van der Waals surface area (Å²) in [7, 11) is 0. The van der Waals surface area contributed by atoms with E-state index in [9.17, 15) is 0 Å². The Morgan fingerprint density at radius 3 is 2.71 bits per heavy atom. The van der Waals surface area contributed by atoms with Crippen molar-refractivity contribution in [2.24, 2.45) is 11.8 Å². The van der Waals surface area contributed by atoms with Crippen molar-refractivity contribution in [1.29, 1.82) is 1.43 Å². The van der Waals surface area contributed by atoms with E-state index < -0.39 is 18.7 Å². The quantitative estimate of drug-likeness (QED) is 0.747. The first-order chi connectivity index (χ1) is 8.53. The molecule has 0 spiro atoms. The van der Waals surface area contributed by atoms with E-state index in [2.05, 4.69) is 19.0 Å². The van der Waals surface area contributed by atoms with Gasteiger partial charge in [0.1, 0.15) is 0 Å². The van der Waals surface area contributed by atoms with Gasteiger partial charge in [-0.25, -0.2) is 0 Å².